The second-order valence-corrected chi connectivity index (χ2v) is 4.52. The molecule has 0 spiro atoms. The normalized spacial score (nSPS) is 11.1. The van der Waals surface area contributed by atoms with Crippen LogP contribution in [0, 0.1) is 0 Å². The van der Waals surface area contributed by atoms with Crippen molar-refractivity contribution in [2.24, 2.45) is 7.05 Å². The summed E-state index contributed by atoms with van der Waals surface area (Å²) in [6.07, 6.45) is 0. The van der Waals surface area contributed by atoms with Crippen LogP contribution in [0.2, 0.25) is 0 Å². The maximum Gasteiger partial charge on any atom is 0.317 e. The van der Waals surface area contributed by atoms with Gasteiger partial charge in [0, 0.05) is 19.0 Å². The molecule has 20 heavy (non-hydrogen) atoms. The summed E-state index contributed by atoms with van der Waals surface area (Å²) in [5, 5.41) is 22.9. The van der Waals surface area contributed by atoms with Crippen molar-refractivity contribution >= 4 is 22.8 Å². The van der Waals surface area contributed by atoms with Gasteiger partial charge in [0.25, 0.3) is 0 Å². The molecule has 2 rings (SSSR count). The third-order valence-electron chi connectivity index (χ3n) is 2.93. The fraction of sp³-hybridized carbons (Fsp3) is 0.308. The third-order valence-corrected chi connectivity index (χ3v) is 2.93. The number of benzene rings is 1. The minimum Gasteiger partial charge on any atom is -0.480 e. The van der Waals surface area contributed by atoms with E-state index in [2.05, 4.69) is 5.10 Å². The lowest BCUT2D eigenvalue weighted by atomic mass is 10.2. The minimum absolute atomic E-state index is 0.181. The molecule has 2 N–H and O–H groups in total. The summed E-state index contributed by atoms with van der Waals surface area (Å²) in [5.41, 5.74) is 1.60. The fourth-order valence-electron chi connectivity index (χ4n) is 2.17. The van der Waals surface area contributed by atoms with E-state index >= 15 is 0 Å². The zero-order valence-electron chi connectivity index (χ0n) is 11.0. The van der Waals surface area contributed by atoms with Crippen LogP contribution in [-0.4, -0.2) is 49.9 Å². The van der Waals surface area contributed by atoms with E-state index in [4.69, 9.17) is 10.2 Å². The third kappa shape index (κ3) is 3.12. The van der Waals surface area contributed by atoms with Gasteiger partial charge in [0.05, 0.1) is 24.3 Å². The molecule has 0 saturated heterocycles. The molecular weight excluding hydrogens is 262 g/mol. The number of fused-ring (bicyclic) bond motifs is 1. The van der Waals surface area contributed by atoms with E-state index in [9.17, 15) is 9.59 Å². The summed E-state index contributed by atoms with van der Waals surface area (Å²) < 4.78 is 1.70. The van der Waals surface area contributed by atoms with E-state index < -0.39 is 11.9 Å². The second-order valence-electron chi connectivity index (χ2n) is 4.52. The standard InChI is InChI=1S/C13H15N3O4/c1-15-11-5-3-2-4-9(11)10(14-15)6-16(7-12(17)18)8-13(19)20/h2-5H,6-8H2,1H3,(H,17,18)(H,19,20). The largest absolute Gasteiger partial charge is 0.480 e. The van der Waals surface area contributed by atoms with Crippen molar-refractivity contribution in [2.75, 3.05) is 13.1 Å². The Morgan fingerprint density at radius 3 is 2.40 bits per heavy atom. The van der Waals surface area contributed by atoms with Crippen LogP contribution in [0.15, 0.2) is 24.3 Å². The SMILES string of the molecule is Cn1nc(CN(CC(=O)O)CC(=O)O)c2ccccc21. The molecule has 0 bridgehead atoms. The molecule has 0 atom stereocenters. The molecule has 7 nitrogen and oxygen atoms in total. The molecule has 1 heterocycles. The molecule has 1 aromatic carbocycles. The van der Waals surface area contributed by atoms with Gasteiger partial charge in [-0.1, -0.05) is 18.2 Å². The topological polar surface area (TPSA) is 95.7 Å². The van der Waals surface area contributed by atoms with Crippen molar-refractivity contribution in [3.63, 3.8) is 0 Å². The zero-order valence-corrected chi connectivity index (χ0v) is 11.0. The number of para-hydroxylation sites is 1. The van der Waals surface area contributed by atoms with Crippen LogP contribution in [-0.2, 0) is 23.2 Å². The number of aliphatic carboxylic acids is 2. The number of aromatic nitrogens is 2. The molecule has 0 fully saturated rings. The number of hydrogen-bond donors (Lipinski definition) is 2. The quantitative estimate of drug-likeness (QED) is 0.800. The van der Waals surface area contributed by atoms with Crippen LogP contribution in [0.5, 0.6) is 0 Å². The van der Waals surface area contributed by atoms with Gasteiger partial charge in [0.15, 0.2) is 0 Å². The van der Waals surface area contributed by atoms with E-state index in [0.717, 1.165) is 10.9 Å². The number of carboxylic acids is 2. The average Bonchev–Trinajstić information content (AvgIpc) is 2.65. The summed E-state index contributed by atoms with van der Waals surface area (Å²) >= 11 is 0. The van der Waals surface area contributed by atoms with E-state index in [-0.39, 0.29) is 19.6 Å². The van der Waals surface area contributed by atoms with Gasteiger partial charge in [0.1, 0.15) is 0 Å². The lowest BCUT2D eigenvalue weighted by Crippen LogP contribution is -2.34. The number of aryl methyl sites for hydroxylation is 1. The van der Waals surface area contributed by atoms with E-state index in [0.29, 0.717) is 5.69 Å². The molecule has 0 unspecified atom stereocenters. The maximum atomic E-state index is 10.8. The van der Waals surface area contributed by atoms with Gasteiger partial charge in [-0.05, 0) is 6.07 Å². The first-order chi connectivity index (χ1) is 9.47. The van der Waals surface area contributed by atoms with Gasteiger partial charge in [-0.15, -0.1) is 0 Å². The van der Waals surface area contributed by atoms with Gasteiger partial charge in [-0.2, -0.15) is 5.10 Å². The number of carbonyl (C=O) groups is 2. The molecule has 0 amide bonds. The van der Waals surface area contributed by atoms with Gasteiger partial charge in [0.2, 0.25) is 0 Å². The van der Waals surface area contributed by atoms with Crippen molar-refractivity contribution in [2.45, 2.75) is 6.54 Å². The predicted molar refractivity (Wildman–Crippen MR) is 71.3 cm³/mol. The molecule has 0 radical (unpaired) electrons. The van der Waals surface area contributed by atoms with Crippen LogP contribution in [0.3, 0.4) is 0 Å². The van der Waals surface area contributed by atoms with Crippen molar-refractivity contribution in [3.05, 3.63) is 30.0 Å². The van der Waals surface area contributed by atoms with E-state index in [1.54, 1.807) is 11.7 Å². The number of rotatable bonds is 6. The first-order valence-corrected chi connectivity index (χ1v) is 6.04. The summed E-state index contributed by atoms with van der Waals surface area (Å²) in [5.74, 6) is -2.13. The summed E-state index contributed by atoms with van der Waals surface area (Å²) in [7, 11) is 1.80. The van der Waals surface area contributed by atoms with Gasteiger partial charge >= 0.3 is 11.9 Å². The number of hydrogen-bond acceptors (Lipinski definition) is 4. The molecule has 2 aromatic rings. The van der Waals surface area contributed by atoms with Crippen molar-refractivity contribution in [1.82, 2.24) is 14.7 Å². The Balaban J connectivity index is 2.28. The van der Waals surface area contributed by atoms with Crippen LogP contribution in [0.25, 0.3) is 10.9 Å². The number of nitrogens with zero attached hydrogens (tertiary/aromatic N) is 3. The molecular formula is C13H15N3O4. The van der Waals surface area contributed by atoms with Gasteiger partial charge in [-0.3, -0.25) is 19.2 Å². The highest BCUT2D eigenvalue weighted by atomic mass is 16.4. The minimum atomic E-state index is -1.06. The van der Waals surface area contributed by atoms with Gasteiger partial charge < -0.3 is 10.2 Å². The maximum absolute atomic E-state index is 10.8. The second kappa shape index (κ2) is 5.70. The van der Waals surface area contributed by atoms with Crippen molar-refractivity contribution < 1.29 is 19.8 Å². The van der Waals surface area contributed by atoms with Crippen LogP contribution >= 0.6 is 0 Å². The van der Waals surface area contributed by atoms with Crippen molar-refractivity contribution in [3.8, 4) is 0 Å². The molecule has 106 valence electrons. The number of carboxylic acid groups (broad SMARTS) is 2. The van der Waals surface area contributed by atoms with E-state index in [1.165, 1.54) is 4.90 Å². The lowest BCUT2D eigenvalue weighted by Gasteiger charge is -2.16. The Morgan fingerprint density at radius 2 is 1.80 bits per heavy atom. The average molecular weight is 277 g/mol. The van der Waals surface area contributed by atoms with Crippen molar-refractivity contribution in [1.29, 1.82) is 0 Å². The molecule has 0 aliphatic rings. The molecule has 7 heteroatoms. The Labute approximate surface area is 115 Å². The highest BCUT2D eigenvalue weighted by Gasteiger charge is 2.17. The van der Waals surface area contributed by atoms with E-state index in [1.807, 2.05) is 24.3 Å². The predicted octanol–water partition coefficient (Wildman–Crippen LogP) is 0.544. The first-order valence-electron chi connectivity index (χ1n) is 6.04. The summed E-state index contributed by atoms with van der Waals surface area (Å²) in [6.45, 7) is -0.492. The smallest absolute Gasteiger partial charge is 0.317 e. The monoisotopic (exact) mass is 277 g/mol. The molecule has 1 aromatic heterocycles. The first kappa shape index (κ1) is 14.0. The Hall–Kier alpha value is -2.41. The molecule has 0 saturated carbocycles. The molecule has 0 aliphatic carbocycles. The Bertz CT molecular complexity index is 634. The lowest BCUT2D eigenvalue weighted by molar-refractivity contribution is -0.142. The highest BCUT2D eigenvalue weighted by Crippen LogP contribution is 2.18. The fourth-order valence-corrected chi connectivity index (χ4v) is 2.17. The zero-order chi connectivity index (χ0) is 14.7. The molecule has 0 aliphatic heterocycles. The summed E-state index contributed by atoms with van der Waals surface area (Å²) in [4.78, 5) is 22.9. The highest BCUT2D eigenvalue weighted by molar-refractivity contribution is 5.82. The Morgan fingerprint density at radius 1 is 1.20 bits per heavy atom. The van der Waals surface area contributed by atoms with Crippen LogP contribution in [0.1, 0.15) is 5.69 Å². The van der Waals surface area contributed by atoms with Crippen LogP contribution < -0.4 is 0 Å². The summed E-state index contributed by atoms with van der Waals surface area (Å²) in [6, 6.07) is 7.55. The van der Waals surface area contributed by atoms with Crippen LogP contribution in [0.4, 0.5) is 0 Å². The van der Waals surface area contributed by atoms with Gasteiger partial charge in [-0.25, -0.2) is 0 Å². The Kier molecular flexibility index (Phi) is 3.99.